The van der Waals surface area contributed by atoms with Gasteiger partial charge in [0.1, 0.15) is 5.82 Å². The normalized spacial score (nSPS) is 12.5. The Labute approximate surface area is 125 Å². The zero-order valence-electron chi connectivity index (χ0n) is 10.9. The van der Waals surface area contributed by atoms with Gasteiger partial charge in [0.05, 0.1) is 6.54 Å². The Morgan fingerprint density at radius 1 is 1.47 bits per heavy atom. The molecule has 1 heterocycles. The Morgan fingerprint density at radius 3 is 2.79 bits per heavy atom. The SMILES string of the molecule is CC(N)c1c(F)cccc1N(C)Cc1cc(Br)cs1. The number of hydrogen-bond acceptors (Lipinski definition) is 3. The highest BCUT2D eigenvalue weighted by molar-refractivity contribution is 9.10. The van der Waals surface area contributed by atoms with Crippen molar-refractivity contribution in [2.45, 2.75) is 19.5 Å². The maximum absolute atomic E-state index is 13.9. The van der Waals surface area contributed by atoms with Crippen LogP contribution < -0.4 is 10.6 Å². The Bertz CT molecular complexity index is 568. The van der Waals surface area contributed by atoms with Gasteiger partial charge >= 0.3 is 0 Å². The van der Waals surface area contributed by atoms with Gasteiger partial charge in [0, 0.05) is 39.1 Å². The largest absolute Gasteiger partial charge is 0.369 e. The van der Waals surface area contributed by atoms with E-state index in [4.69, 9.17) is 5.73 Å². The van der Waals surface area contributed by atoms with Crippen LogP contribution in [0.25, 0.3) is 0 Å². The third kappa shape index (κ3) is 3.35. The van der Waals surface area contributed by atoms with Crippen LogP contribution in [0.3, 0.4) is 0 Å². The van der Waals surface area contributed by atoms with Crippen LogP contribution in [0.2, 0.25) is 0 Å². The molecule has 1 aromatic carbocycles. The molecule has 0 bridgehead atoms. The van der Waals surface area contributed by atoms with Crippen molar-refractivity contribution in [1.29, 1.82) is 0 Å². The van der Waals surface area contributed by atoms with Crippen LogP contribution in [0.5, 0.6) is 0 Å². The van der Waals surface area contributed by atoms with E-state index < -0.39 is 0 Å². The molecule has 102 valence electrons. The van der Waals surface area contributed by atoms with Crippen molar-refractivity contribution in [3.05, 3.63) is 50.4 Å². The van der Waals surface area contributed by atoms with Gasteiger partial charge in [-0.2, -0.15) is 0 Å². The summed E-state index contributed by atoms with van der Waals surface area (Å²) in [5.41, 5.74) is 7.30. The fraction of sp³-hybridized carbons (Fsp3) is 0.286. The maximum atomic E-state index is 13.9. The minimum absolute atomic E-state index is 0.244. The monoisotopic (exact) mass is 342 g/mol. The van der Waals surface area contributed by atoms with E-state index in [9.17, 15) is 4.39 Å². The summed E-state index contributed by atoms with van der Waals surface area (Å²) in [5.74, 6) is -0.244. The molecule has 0 aliphatic rings. The molecule has 0 saturated heterocycles. The first kappa shape index (κ1) is 14.5. The van der Waals surface area contributed by atoms with E-state index in [1.807, 2.05) is 23.4 Å². The highest BCUT2D eigenvalue weighted by atomic mass is 79.9. The second kappa shape index (κ2) is 6.03. The number of hydrogen-bond donors (Lipinski definition) is 1. The predicted octanol–water partition coefficient (Wildman–Crippen LogP) is 4.31. The highest BCUT2D eigenvalue weighted by Crippen LogP contribution is 2.29. The van der Waals surface area contributed by atoms with Crippen molar-refractivity contribution >= 4 is 33.0 Å². The average molecular weight is 343 g/mol. The minimum atomic E-state index is -0.325. The standard InChI is InChI=1S/C14H16BrFN2S/c1-9(17)14-12(16)4-3-5-13(14)18(2)7-11-6-10(15)8-19-11/h3-6,8-9H,7,17H2,1-2H3. The van der Waals surface area contributed by atoms with Gasteiger partial charge in [0.2, 0.25) is 0 Å². The summed E-state index contributed by atoms with van der Waals surface area (Å²) in [6.45, 7) is 2.54. The minimum Gasteiger partial charge on any atom is -0.369 e. The van der Waals surface area contributed by atoms with Crippen LogP contribution in [0.1, 0.15) is 23.4 Å². The van der Waals surface area contributed by atoms with E-state index in [2.05, 4.69) is 22.0 Å². The highest BCUT2D eigenvalue weighted by Gasteiger charge is 2.15. The first-order valence-electron chi connectivity index (χ1n) is 5.97. The summed E-state index contributed by atoms with van der Waals surface area (Å²) < 4.78 is 15.0. The number of anilines is 1. The molecule has 1 atom stereocenters. The van der Waals surface area contributed by atoms with Gasteiger partial charge in [0.25, 0.3) is 0 Å². The fourth-order valence-electron chi connectivity index (χ4n) is 2.06. The second-order valence-corrected chi connectivity index (χ2v) is 6.46. The number of nitrogens with zero attached hydrogens (tertiary/aromatic N) is 1. The maximum Gasteiger partial charge on any atom is 0.130 e. The number of thiophene rings is 1. The van der Waals surface area contributed by atoms with Crippen molar-refractivity contribution in [2.75, 3.05) is 11.9 Å². The van der Waals surface area contributed by atoms with Crippen LogP contribution in [-0.2, 0) is 6.54 Å². The van der Waals surface area contributed by atoms with Crippen LogP contribution in [-0.4, -0.2) is 7.05 Å². The quantitative estimate of drug-likeness (QED) is 0.897. The molecule has 1 aromatic heterocycles. The van der Waals surface area contributed by atoms with Crippen molar-refractivity contribution in [3.63, 3.8) is 0 Å². The summed E-state index contributed by atoms with van der Waals surface area (Å²) in [6, 6.07) is 6.83. The molecule has 0 fully saturated rings. The van der Waals surface area contributed by atoms with Crippen LogP contribution in [0.15, 0.2) is 34.1 Å². The van der Waals surface area contributed by atoms with E-state index >= 15 is 0 Å². The zero-order valence-corrected chi connectivity index (χ0v) is 13.3. The molecule has 19 heavy (non-hydrogen) atoms. The van der Waals surface area contributed by atoms with E-state index in [0.717, 1.165) is 16.7 Å². The molecule has 2 nitrogen and oxygen atoms in total. The third-order valence-corrected chi connectivity index (χ3v) is 4.59. The van der Waals surface area contributed by atoms with Crippen LogP contribution in [0, 0.1) is 5.82 Å². The average Bonchev–Trinajstić information content (AvgIpc) is 2.73. The van der Waals surface area contributed by atoms with E-state index in [-0.39, 0.29) is 11.9 Å². The first-order chi connectivity index (χ1) is 8.99. The predicted molar refractivity (Wildman–Crippen MR) is 83.1 cm³/mol. The lowest BCUT2D eigenvalue weighted by molar-refractivity contribution is 0.592. The topological polar surface area (TPSA) is 29.3 Å². The molecule has 0 amide bonds. The molecular weight excluding hydrogens is 327 g/mol. The summed E-state index contributed by atoms with van der Waals surface area (Å²) >= 11 is 5.12. The Hall–Kier alpha value is -0.910. The van der Waals surface area contributed by atoms with Crippen molar-refractivity contribution in [2.24, 2.45) is 5.73 Å². The molecule has 5 heteroatoms. The second-order valence-electron chi connectivity index (χ2n) is 4.55. The number of rotatable bonds is 4. The van der Waals surface area contributed by atoms with E-state index in [0.29, 0.717) is 5.56 Å². The van der Waals surface area contributed by atoms with Gasteiger partial charge in [0.15, 0.2) is 0 Å². The molecule has 2 aromatic rings. The zero-order chi connectivity index (χ0) is 14.0. The molecule has 0 spiro atoms. The lowest BCUT2D eigenvalue weighted by atomic mass is 10.1. The van der Waals surface area contributed by atoms with Gasteiger partial charge in [-0.25, -0.2) is 4.39 Å². The fourth-order valence-corrected chi connectivity index (χ4v) is 3.57. The first-order valence-corrected chi connectivity index (χ1v) is 7.64. The van der Waals surface area contributed by atoms with E-state index in [1.165, 1.54) is 10.9 Å². The summed E-state index contributed by atoms with van der Waals surface area (Å²) in [4.78, 5) is 3.24. The third-order valence-electron chi connectivity index (χ3n) is 2.91. The Balaban J connectivity index is 2.28. The molecule has 0 aliphatic heterocycles. The Kier molecular flexibility index (Phi) is 4.60. The number of nitrogens with two attached hydrogens (primary N) is 1. The lowest BCUT2D eigenvalue weighted by Crippen LogP contribution is -2.20. The van der Waals surface area contributed by atoms with Crippen molar-refractivity contribution < 1.29 is 4.39 Å². The van der Waals surface area contributed by atoms with Gasteiger partial charge < -0.3 is 10.6 Å². The molecular formula is C14H16BrFN2S. The van der Waals surface area contributed by atoms with Gasteiger partial charge in [-0.15, -0.1) is 11.3 Å². The smallest absolute Gasteiger partial charge is 0.130 e. The molecule has 0 radical (unpaired) electrons. The van der Waals surface area contributed by atoms with Crippen LogP contribution >= 0.6 is 27.3 Å². The Morgan fingerprint density at radius 2 is 2.21 bits per heavy atom. The van der Waals surface area contributed by atoms with Crippen molar-refractivity contribution in [3.8, 4) is 0 Å². The summed E-state index contributed by atoms with van der Waals surface area (Å²) in [7, 11) is 1.95. The van der Waals surface area contributed by atoms with Gasteiger partial charge in [-0.1, -0.05) is 6.07 Å². The van der Waals surface area contributed by atoms with Gasteiger partial charge in [-0.3, -0.25) is 0 Å². The molecule has 2 rings (SSSR count). The molecule has 0 saturated carbocycles. The summed E-state index contributed by atoms with van der Waals surface area (Å²) in [6.07, 6.45) is 0. The number of halogens is 2. The van der Waals surface area contributed by atoms with Gasteiger partial charge in [-0.05, 0) is 41.1 Å². The lowest BCUT2D eigenvalue weighted by Gasteiger charge is -2.23. The molecule has 0 aliphatic carbocycles. The van der Waals surface area contributed by atoms with Crippen LogP contribution in [0.4, 0.5) is 10.1 Å². The number of benzene rings is 1. The van der Waals surface area contributed by atoms with E-state index in [1.54, 1.807) is 24.3 Å². The van der Waals surface area contributed by atoms with Crippen molar-refractivity contribution in [1.82, 2.24) is 0 Å². The molecule has 1 unspecified atom stereocenters. The molecule has 2 N–H and O–H groups in total. The summed E-state index contributed by atoms with van der Waals surface area (Å²) in [5, 5.41) is 2.04.